The Balaban J connectivity index is 1.82. The van der Waals surface area contributed by atoms with Gasteiger partial charge in [0.15, 0.2) is 0 Å². The summed E-state index contributed by atoms with van der Waals surface area (Å²) in [5.41, 5.74) is 1.66. The fourth-order valence-corrected chi connectivity index (χ4v) is 3.21. The van der Waals surface area contributed by atoms with E-state index in [-0.39, 0.29) is 18.1 Å². The first kappa shape index (κ1) is 16.9. The number of hydrogen-bond acceptors (Lipinski definition) is 6. The molecule has 3 rings (SSSR count). The van der Waals surface area contributed by atoms with Gasteiger partial charge in [0.2, 0.25) is 5.91 Å². The third-order valence-corrected chi connectivity index (χ3v) is 4.40. The number of amides is 1. The van der Waals surface area contributed by atoms with Gasteiger partial charge in [0.25, 0.3) is 0 Å². The van der Waals surface area contributed by atoms with Gasteiger partial charge in [-0.2, -0.15) is 0 Å². The number of aromatic nitrogens is 1. The summed E-state index contributed by atoms with van der Waals surface area (Å²) in [5.74, 6) is -0.384. The highest BCUT2D eigenvalue weighted by Crippen LogP contribution is 2.27. The third kappa shape index (κ3) is 3.95. The number of rotatable bonds is 5. The van der Waals surface area contributed by atoms with Crippen molar-refractivity contribution in [3.63, 3.8) is 0 Å². The number of ether oxygens (including phenoxy) is 2. The van der Waals surface area contributed by atoms with Crippen LogP contribution in [0.2, 0.25) is 0 Å². The van der Waals surface area contributed by atoms with Crippen molar-refractivity contribution in [1.82, 2.24) is 4.98 Å². The van der Waals surface area contributed by atoms with E-state index in [2.05, 4.69) is 10.3 Å². The van der Waals surface area contributed by atoms with E-state index in [0.29, 0.717) is 11.4 Å². The normalized spacial score (nSPS) is 10.5. The minimum absolute atomic E-state index is 0.223. The van der Waals surface area contributed by atoms with Gasteiger partial charge >= 0.3 is 5.97 Å². The van der Waals surface area contributed by atoms with Crippen LogP contribution in [0.5, 0.6) is 5.75 Å². The molecule has 0 unspecified atom stereocenters. The summed E-state index contributed by atoms with van der Waals surface area (Å²) in [6.07, 6.45) is 0. The van der Waals surface area contributed by atoms with Gasteiger partial charge in [-0.05, 0) is 30.3 Å². The number of fused-ring (bicyclic) bond motifs is 1. The number of thiazole rings is 1. The van der Waals surface area contributed by atoms with Gasteiger partial charge in [-0.3, -0.25) is 4.79 Å². The molecule has 0 atom stereocenters. The number of para-hydroxylation sites is 1. The largest absolute Gasteiger partial charge is 0.486 e. The highest BCUT2D eigenvalue weighted by Gasteiger charge is 2.15. The van der Waals surface area contributed by atoms with Gasteiger partial charge in [0, 0.05) is 12.6 Å². The van der Waals surface area contributed by atoms with Gasteiger partial charge < -0.3 is 14.8 Å². The second-order valence-electron chi connectivity index (χ2n) is 5.25. The highest BCUT2D eigenvalue weighted by molar-refractivity contribution is 7.18. The minimum atomic E-state index is -0.536. The number of hydrogen-bond donors (Lipinski definition) is 1. The first-order chi connectivity index (χ1) is 12.1. The van der Waals surface area contributed by atoms with Crippen LogP contribution < -0.4 is 10.1 Å². The van der Waals surface area contributed by atoms with E-state index in [0.717, 1.165) is 15.2 Å². The Kier molecular flexibility index (Phi) is 4.95. The second kappa shape index (κ2) is 7.31. The average Bonchev–Trinajstić information content (AvgIpc) is 3.02. The van der Waals surface area contributed by atoms with Crippen molar-refractivity contribution < 1.29 is 19.1 Å². The summed E-state index contributed by atoms with van der Waals surface area (Å²) < 4.78 is 11.6. The zero-order valence-electron chi connectivity index (χ0n) is 13.7. The van der Waals surface area contributed by atoms with Crippen molar-refractivity contribution in [2.45, 2.75) is 13.5 Å². The molecule has 0 radical (unpaired) electrons. The first-order valence-corrected chi connectivity index (χ1v) is 8.35. The number of nitrogens with zero attached hydrogens (tertiary/aromatic N) is 1. The molecule has 0 bridgehead atoms. The van der Waals surface area contributed by atoms with Crippen LogP contribution in [0, 0.1) is 0 Å². The fraction of sp³-hybridized carbons (Fsp3) is 0.167. The SMILES string of the molecule is COC(=O)c1cc(NC(C)=O)ccc1OCc1nc2ccccc2s1. The second-order valence-corrected chi connectivity index (χ2v) is 6.36. The summed E-state index contributed by atoms with van der Waals surface area (Å²) in [6, 6.07) is 12.7. The number of esters is 1. The summed E-state index contributed by atoms with van der Waals surface area (Å²) in [4.78, 5) is 27.7. The zero-order valence-corrected chi connectivity index (χ0v) is 14.6. The topological polar surface area (TPSA) is 77.5 Å². The van der Waals surface area contributed by atoms with Crippen LogP contribution >= 0.6 is 11.3 Å². The molecular weight excluding hydrogens is 340 g/mol. The van der Waals surface area contributed by atoms with Crippen LogP contribution in [-0.4, -0.2) is 24.0 Å². The van der Waals surface area contributed by atoms with Crippen molar-refractivity contribution in [2.24, 2.45) is 0 Å². The predicted molar refractivity (Wildman–Crippen MR) is 96.0 cm³/mol. The van der Waals surface area contributed by atoms with E-state index in [4.69, 9.17) is 9.47 Å². The average molecular weight is 356 g/mol. The molecule has 1 amide bonds. The molecule has 0 aliphatic heterocycles. The standard InChI is InChI=1S/C18H16N2O4S/c1-11(21)19-12-7-8-15(13(9-12)18(22)23-2)24-10-17-20-14-5-3-4-6-16(14)25-17/h3-9H,10H2,1-2H3,(H,19,21). The Hall–Kier alpha value is -2.93. The van der Waals surface area contributed by atoms with Crippen LogP contribution in [0.4, 0.5) is 5.69 Å². The number of carbonyl (C=O) groups is 2. The van der Waals surface area contributed by atoms with Crippen molar-refractivity contribution in [3.05, 3.63) is 53.0 Å². The lowest BCUT2D eigenvalue weighted by Gasteiger charge is -2.11. The van der Waals surface area contributed by atoms with Crippen LogP contribution in [-0.2, 0) is 16.1 Å². The van der Waals surface area contributed by atoms with Gasteiger partial charge in [0.05, 0.1) is 17.3 Å². The van der Waals surface area contributed by atoms with E-state index in [9.17, 15) is 9.59 Å². The van der Waals surface area contributed by atoms with Gasteiger partial charge in [-0.15, -0.1) is 11.3 Å². The van der Waals surface area contributed by atoms with Crippen LogP contribution in [0.25, 0.3) is 10.2 Å². The molecule has 128 valence electrons. The summed E-state index contributed by atoms with van der Waals surface area (Å²) in [7, 11) is 1.30. The number of nitrogens with one attached hydrogen (secondary N) is 1. The lowest BCUT2D eigenvalue weighted by molar-refractivity contribution is -0.114. The predicted octanol–water partition coefficient (Wildman–Crippen LogP) is 3.62. The Morgan fingerprint density at radius 1 is 1.20 bits per heavy atom. The van der Waals surface area contributed by atoms with Gasteiger partial charge in [0.1, 0.15) is 22.9 Å². The molecular formula is C18H16N2O4S. The molecule has 1 heterocycles. The summed E-state index contributed by atoms with van der Waals surface area (Å²) >= 11 is 1.54. The monoisotopic (exact) mass is 356 g/mol. The molecule has 0 fully saturated rings. The molecule has 1 aromatic heterocycles. The Morgan fingerprint density at radius 3 is 2.72 bits per heavy atom. The Bertz CT molecular complexity index is 903. The Labute approximate surface area is 148 Å². The summed E-state index contributed by atoms with van der Waals surface area (Å²) in [5, 5.41) is 3.44. The number of carbonyl (C=O) groups excluding carboxylic acids is 2. The Morgan fingerprint density at radius 2 is 2.00 bits per heavy atom. The molecule has 0 spiro atoms. The molecule has 3 aromatic rings. The number of anilines is 1. The highest BCUT2D eigenvalue weighted by atomic mass is 32.1. The molecule has 25 heavy (non-hydrogen) atoms. The maximum absolute atomic E-state index is 12.0. The van der Waals surface area contributed by atoms with Crippen LogP contribution in [0.1, 0.15) is 22.3 Å². The fourth-order valence-electron chi connectivity index (χ4n) is 2.33. The quantitative estimate of drug-likeness (QED) is 0.707. The summed E-state index contributed by atoms with van der Waals surface area (Å²) in [6.45, 7) is 1.64. The van der Waals surface area contributed by atoms with E-state index in [1.807, 2.05) is 24.3 Å². The van der Waals surface area contributed by atoms with Crippen LogP contribution in [0.15, 0.2) is 42.5 Å². The first-order valence-electron chi connectivity index (χ1n) is 7.54. The lowest BCUT2D eigenvalue weighted by atomic mass is 10.1. The van der Waals surface area contributed by atoms with Crippen molar-refractivity contribution in [1.29, 1.82) is 0 Å². The lowest BCUT2D eigenvalue weighted by Crippen LogP contribution is -2.09. The van der Waals surface area contributed by atoms with E-state index >= 15 is 0 Å². The molecule has 0 saturated heterocycles. The number of benzene rings is 2. The minimum Gasteiger partial charge on any atom is -0.486 e. The van der Waals surface area contributed by atoms with Crippen molar-refractivity contribution in [3.8, 4) is 5.75 Å². The van der Waals surface area contributed by atoms with E-state index in [1.54, 1.807) is 12.1 Å². The van der Waals surface area contributed by atoms with Crippen LogP contribution in [0.3, 0.4) is 0 Å². The molecule has 2 aromatic carbocycles. The third-order valence-electron chi connectivity index (χ3n) is 3.39. The molecule has 0 saturated carbocycles. The maximum atomic E-state index is 12.0. The van der Waals surface area contributed by atoms with Crippen molar-refractivity contribution >= 4 is 39.1 Å². The zero-order chi connectivity index (χ0) is 17.8. The van der Waals surface area contributed by atoms with Gasteiger partial charge in [-0.1, -0.05) is 12.1 Å². The molecule has 7 heteroatoms. The molecule has 6 nitrogen and oxygen atoms in total. The van der Waals surface area contributed by atoms with Crippen molar-refractivity contribution in [2.75, 3.05) is 12.4 Å². The molecule has 1 N–H and O–H groups in total. The number of methoxy groups -OCH3 is 1. The van der Waals surface area contributed by atoms with E-state index in [1.165, 1.54) is 31.4 Å². The maximum Gasteiger partial charge on any atom is 0.341 e. The van der Waals surface area contributed by atoms with E-state index < -0.39 is 5.97 Å². The molecule has 0 aliphatic carbocycles. The van der Waals surface area contributed by atoms with Gasteiger partial charge in [-0.25, -0.2) is 9.78 Å². The smallest absolute Gasteiger partial charge is 0.341 e. The molecule has 0 aliphatic rings.